The molecular weight excluding hydrogens is 544 g/mol. The smallest absolute Gasteiger partial charge is 0.187 e. The molecular formula is C28H18F8N4. The number of hydrogen-bond donors (Lipinski definition) is 2. The predicted molar refractivity (Wildman–Crippen MR) is 136 cm³/mol. The first kappa shape index (κ1) is 28.3. The second-order valence-electron chi connectivity index (χ2n) is 8.36. The fourth-order valence-corrected chi connectivity index (χ4v) is 3.67. The van der Waals surface area contributed by atoms with E-state index in [0.29, 0.717) is 11.1 Å². The van der Waals surface area contributed by atoms with Crippen molar-refractivity contribution in [2.75, 3.05) is 10.9 Å². The average molecular weight is 562 g/mol. The van der Waals surface area contributed by atoms with Crippen molar-refractivity contribution < 1.29 is 35.1 Å². The topological polar surface area (TPSA) is 48.8 Å². The molecule has 40 heavy (non-hydrogen) atoms. The molecule has 0 amide bonds. The highest BCUT2D eigenvalue weighted by Gasteiger charge is 2.34. The van der Waals surface area contributed by atoms with Crippen molar-refractivity contribution in [2.24, 2.45) is 10.2 Å². The summed E-state index contributed by atoms with van der Waals surface area (Å²) in [5.41, 5.74) is -1.84. The quantitative estimate of drug-likeness (QED) is 0.103. The largest absolute Gasteiger partial charge is 0.272 e. The molecule has 0 saturated heterocycles. The SMILES string of the molecule is C/C(=N\Nc1c(F)c(F)c(-c2c(F)c(F)c(N/N=C(\C)c3ccccc3)c(F)c2F)c(F)c1F)c1ccccc1. The molecule has 4 aromatic carbocycles. The number of hydrazone groups is 2. The first-order valence-corrected chi connectivity index (χ1v) is 11.5. The molecule has 0 saturated carbocycles. The summed E-state index contributed by atoms with van der Waals surface area (Å²) in [6.45, 7) is 2.85. The maximum Gasteiger partial charge on any atom is 0.187 e. The number of halogens is 8. The van der Waals surface area contributed by atoms with E-state index >= 15 is 0 Å². The van der Waals surface area contributed by atoms with Gasteiger partial charge in [-0.05, 0) is 25.0 Å². The molecule has 4 rings (SSSR count). The molecule has 0 spiro atoms. The highest BCUT2D eigenvalue weighted by Crippen LogP contribution is 2.40. The summed E-state index contributed by atoms with van der Waals surface area (Å²) in [4.78, 5) is 0. The molecule has 0 aliphatic rings. The lowest BCUT2D eigenvalue weighted by atomic mass is 10.00. The third-order valence-corrected chi connectivity index (χ3v) is 5.83. The normalized spacial score (nSPS) is 12.1. The van der Waals surface area contributed by atoms with E-state index in [1.807, 2.05) is 10.9 Å². The maximum absolute atomic E-state index is 14.9. The van der Waals surface area contributed by atoms with Crippen LogP contribution in [-0.4, -0.2) is 11.4 Å². The van der Waals surface area contributed by atoms with E-state index in [0.717, 1.165) is 0 Å². The molecule has 0 aliphatic carbocycles. The minimum atomic E-state index is -2.32. The van der Waals surface area contributed by atoms with Gasteiger partial charge in [0.05, 0.1) is 22.6 Å². The van der Waals surface area contributed by atoms with Gasteiger partial charge in [0.1, 0.15) is 11.4 Å². The molecule has 0 radical (unpaired) electrons. The molecule has 206 valence electrons. The van der Waals surface area contributed by atoms with Gasteiger partial charge in [-0.3, -0.25) is 10.9 Å². The van der Waals surface area contributed by atoms with Crippen molar-refractivity contribution in [1.82, 2.24) is 0 Å². The van der Waals surface area contributed by atoms with Crippen LogP contribution in [0.4, 0.5) is 46.5 Å². The van der Waals surface area contributed by atoms with Gasteiger partial charge in [-0.1, -0.05) is 60.7 Å². The van der Waals surface area contributed by atoms with E-state index in [1.54, 1.807) is 60.7 Å². The molecule has 0 aliphatic heterocycles. The summed E-state index contributed by atoms with van der Waals surface area (Å²) in [6.07, 6.45) is 0. The molecule has 2 N–H and O–H groups in total. The fourth-order valence-electron chi connectivity index (χ4n) is 3.67. The van der Waals surface area contributed by atoms with Crippen LogP contribution in [0.1, 0.15) is 25.0 Å². The summed E-state index contributed by atoms with van der Waals surface area (Å²) < 4.78 is 119. The van der Waals surface area contributed by atoms with Crippen LogP contribution in [-0.2, 0) is 0 Å². The zero-order valence-corrected chi connectivity index (χ0v) is 20.7. The Labute approximate surface area is 222 Å². The Kier molecular flexibility index (Phi) is 8.17. The van der Waals surface area contributed by atoms with Crippen molar-refractivity contribution in [3.63, 3.8) is 0 Å². The lowest BCUT2D eigenvalue weighted by Gasteiger charge is -2.15. The van der Waals surface area contributed by atoms with Gasteiger partial charge < -0.3 is 0 Å². The number of rotatable bonds is 7. The van der Waals surface area contributed by atoms with Crippen LogP contribution < -0.4 is 10.9 Å². The van der Waals surface area contributed by atoms with Gasteiger partial charge in [-0.25, -0.2) is 35.1 Å². The zero-order valence-electron chi connectivity index (χ0n) is 20.7. The number of anilines is 2. The van der Waals surface area contributed by atoms with Crippen molar-refractivity contribution in [3.8, 4) is 11.1 Å². The standard InChI is InChI=1S/C28H18F8N4/c1-13(15-9-5-3-6-10-15)37-39-27-23(33)19(29)17(20(30)24(27)34)18-21(31)25(35)28(26(36)22(18)32)40-38-14(2)16-11-7-4-8-12-16/h3-12,39-40H,1-2H3/b37-13+,38-14+. The minimum absolute atomic E-state index is 0.166. The first-order valence-electron chi connectivity index (χ1n) is 11.5. The third-order valence-electron chi connectivity index (χ3n) is 5.83. The molecule has 0 heterocycles. The van der Waals surface area contributed by atoms with Crippen LogP contribution in [0.25, 0.3) is 11.1 Å². The summed E-state index contributed by atoms with van der Waals surface area (Å²) in [5, 5.41) is 7.33. The van der Waals surface area contributed by atoms with Crippen LogP contribution in [0.3, 0.4) is 0 Å². The van der Waals surface area contributed by atoms with Gasteiger partial charge in [0, 0.05) is 0 Å². The molecule has 0 fully saturated rings. The average Bonchev–Trinajstić information content (AvgIpc) is 2.97. The lowest BCUT2D eigenvalue weighted by Crippen LogP contribution is -2.12. The Morgan fingerprint density at radius 1 is 0.450 bits per heavy atom. The van der Waals surface area contributed by atoms with Gasteiger partial charge in [0.2, 0.25) is 0 Å². The highest BCUT2D eigenvalue weighted by molar-refractivity contribution is 5.99. The Morgan fingerprint density at radius 2 is 0.725 bits per heavy atom. The Morgan fingerprint density at radius 3 is 1.00 bits per heavy atom. The monoisotopic (exact) mass is 562 g/mol. The minimum Gasteiger partial charge on any atom is -0.272 e. The molecule has 4 nitrogen and oxygen atoms in total. The number of hydrogen-bond acceptors (Lipinski definition) is 4. The third kappa shape index (κ3) is 5.24. The molecule has 0 unspecified atom stereocenters. The molecule has 12 heteroatoms. The number of nitrogens with zero attached hydrogens (tertiary/aromatic N) is 2. The van der Waals surface area contributed by atoms with Gasteiger partial charge in [0.25, 0.3) is 0 Å². The van der Waals surface area contributed by atoms with E-state index < -0.39 is 69.0 Å². The van der Waals surface area contributed by atoms with E-state index in [1.165, 1.54) is 13.8 Å². The summed E-state index contributed by atoms with van der Waals surface area (Å²) >= 11 is 0. The van der Waals surface area contributed by atoms with Gasteiger partial charge in [-0.2, -0.15) is 10.2 Å². The molecule has 4 aromatic rings. The summed E-state index contributed by atoms with van der Waals surface area (Å²) in [6, 6.07) is 16.3. The Bertz CT molecular complexity index is 1460. The van der Waals surface area contributed by atoms with Crippen LogP contribution in [0.15, 0.2) is 70.9 Å². The maximum atomic E-state index is 14.9. The van der Waals surface area contributed by atoms with Crippen LogP contribution in [0.2, 0.25) is 0 Å². The molecule has 0 bridgehead atoms. The van der Waals surface area contributed by atoms with Gasteiger partial charge in [0.15, 0.2) is 46.5 Å². The Hall–Kier alpha value is -4.74. The van der Waals surface area contributed by atoms with Crippen LogP contribution >= 0.6 is 0 Å². The van der Waals surface area contributed by atoms with Crippen LogP contribution in [0, 0.1) is 46.5 Å². The molecule has 0 aromatic heterocycles. The van der Waals surface area contributed by atoms with Gasteiger partial charge in [-0.15, -0.1) is 0 Å². The summed E-state index contributed by atoms with van der Waals surface area (Å²) in [5.74, 6) is -17.8. The predicted octanol–water partition coefficient (Wildman–Crippen LogP) is 8.14. The highest BCUT2D eigenvalue weighted by atomic mass is 19.2. The second kappa shape index (κ2) is 11.6. The number of benzene rings is 4. The van der Waals surface area contributed by atoms with Crippen molar-refractivity contribution in [1.29, 1.82) is 0 Å². The lowest BCUT2D eigenvalue weighted by molar-refractivity contribution is 0.446. The van der Waals surface area contributed by atoms with E-state index in [9.17, 15) is 35.1 Å². The van der Waals surface area contributed by atoms with E-state index in [4.69, 9.17) is 0 Å². The molecule has 0 atom stereocenters. The van der Waals surface area contributed by atoms with Gasteiger partial charge >= 0.3 is 0 Å². The van der Waals surface area contributed by atoms with E-state index in [-0.39, 0.29) is 11.4 Å². The van der Waals surface area contributed by atoms with Crippen molar-refractivity contribution >= 4 is 22.8 Å². The summed E-state index contributed by atoms with van der Waals surface area (Å²) in [7, 11) is 0. The fraction of sp³-hybridized carbons (Fsp3) is 0.0714. The van der Waals surface area contributed by atoms with Crippen molar-refractivity contribution in [3.05, 3.63) is 118 Å². The zero-order chi connectivity index (χ0) is 29.1. The first-order chi connectivity index (χ1) is 19.0. The second-order valence-corrected chi connectivity index (χ2v) is 8.36. The number of nitrogens with one attached hydrogen (secondary N) is 2. The Balaban J connectivity index is 1.76. The van der Waals surface area contributed by atoms with Crippen molar-refractivity contribution in [2.45, 2.75) is 13.8 Å². The van der Waals surface area contributed by atoms with Crippen LogP contribution in [0.5, 0.6) is 0 Å². The van der Waals surface area contributed by atoms with E-state index in [2.05, 4.69) is 10.2 Å².